The third-order valence-corrected chi connectivity index (χ3v) is 3.10. The molecule has 2 heterocycles. The first kappa shape index (κ1) is 12.2. The maximum atomic E-state index is 11.4. The Labute approximate surface area is 110 Å². The number of H-pyrrole nitrogens is 1. The fourth-order valence-corrected chi connectivity index (χ4v) is 1.82. The van der Waals surface area contributed by atoms with Crippen LogP contribution in [0.5, 0.6) is 0 Å². The van der Waals surface area contributed by atoms with Crippen molar-refractivity contribution in [2.24, 2.45) is 5.92 Å². The predicted molar refractivity (Wildman–Crippen MR) is 70.3 cm³/mol. The lowest BCUT2D eigenvalue weighted by atomic mass is 10.4. The van der Waals surface area contributed by atoms with E-state index in [9.17, 15) is 4.79 Å². The van der Waals surface area contributed by atoms with Crippen LogP contribution in [0.1, 0.15) is 19.3 Å². The van der Waals surface area contributed by atoms with Crippen LogP contribution in [-0.2, 0) is 4.74 Å². The lowest BCUT2D eigenvalue weighted by Crippen LogP contribution is -2.14. The molecule has 0 saturated heterocycles. The van der Waals surface area contributed by atoms with E-state index in [-0.39, 0.29) is 5.69 Å². The largest absolute Gasteiger partial charge is 0.381 e. The second-order valence-corrected chi connectivity index (χ2v) is 4.82. The van der Waals surface area contributed by atoms with E-state index in [0.717, 1.165) is 32.1 Å². The molecule has 0 radical (unpaired) electrons. The molecule has 3 rings (SSSR count). The summed E-state index contributed by atoms with van der Waals surface area (Å²) in [6.45, 7) is 2.43. The molecule has 1 aliphatic carbocycles. The van der Waals surface area contributed by atoms with E-state index in [4.69, 9.17) is 4.74 Å². The fourth-order valence-electron chi connectivity index (χ4n) is 1.82. The van der Waals surface area contributed by atoms with Crippen molar-refractivity contribution in [3.8, 4) is 0 Å². The van der Waals surface area contributed by atoms with Crippen molar-refractivity contribution in [1.29, 1.82) is 0 Å². The molecule has 102 valence electrons. The van der Waals surface area contributed by atoms with Gasteiger partial charge >= 0.3 is 5.69 Å². The molecule has 0 aromatic carbocycles. The van der Waals surface area contributed by atoms with Crippen molar-refractivity contribution < 1.29 is 4.74 Å². The number of hydrogen-bond acceptors (Lipinski definition) is 5. The first-order valence-electron chi connectivity index (χ1n) is 6.59. The number of nitrogens with zero attached hydrogens (tertiary/aromatic N) is 3. The summed E-state index contributed by atoms with van der Waals surface area (Å²) < 4.78 is 6.78. The minimum absolute atomic E-state index is 0.327. The number of hydrogen-bond donors (Lipinski definition) is 2. The van der Waals surface area contributed by atoms with Gasteiger partial charge in [-0.2, -0.15) is 9.61 Å². The number of aromatic nitrogens is 4. The predicted octanol–water partition coefficient (Wildman–Crippen LogP) is 0.646. The Morgan fingerprint density at radius 3 is 3.21 bits per heavy atom. The zero-order chi connectivity index (χ0) is 13.1. The molecule has 7 nitrogen and oxygen atoms in total. The Hall–Kier alpha value is -1.89. The summed E-state index contributed by atoms with van der Waals surface area (Å²) in [5, 5.41) is 13.5. The van der Waals surface area contributed by atoms with Gasteiger partial charge in [0.2, 0.25) is 0 Å². The quantitative estimate of drug-likeness (QED) is 0.716. The van der Waals surface area contributed by atoms with Gasteiger partial charge in [0.05, 0.1) is 0 Å². The van der Waals surface area contributed by atoms with Crippen molar-refractivity contribution in [3.63, 3.8) is 0 Å². The Morgan fingerprint density at radius 2 is 2.37 bits per heavy atom. The van der Waals surface area contributed by atoms with Gasteiger partial charge in [0.25, 0.3) is 0 Å². The van der Waals surface area contributed by atoms with E-state index in [1.54, 1.807) is 12.1 Å². The molecule has 0 aliphatic heterocycles. The van der Waals surface area contributed by atoms with Gasteiger partial charge in [0.1, 0.15) is 5.82 Å². The monoisotopic (exact) mass is 263 g/mol. The standard InChI is InChI=1S/C12H17N5O2/c18-12-15-14-11-5-4-10(16-17(11)12)13-6-1-7-19-8-9-2-3-9/h4-5,9H,1-3,6-8H2,(H,13,16)(H,15,18). The molecule has 0 spiro atoms. The van der Waals surface area contributed by atoms with Gasteiger partial charge < -0.3 is 10.1 Å². The molecule has 0 atom stereocenters. The van der Waals surface area contributed by atoms with Crippen LogP contribution in [-0.4, -0.2) is 39.6 Å². The normalized spacial score (nSPS) is 14.9. The van der Waals surface area contributed by atoms with E-state index in [1.807, 2.05) is 0 Å². The highest BCUT2D eigenvalue weighted by atomic mass is 16.5. The first-order valence-corrected chi connectivity index (χ1v) is 6.59. The Bertz CT molecular complexity index is 601. The average Bonchev–Trinajstić information content (AvgIpc) is 3.18. The summed E-state index contributed by atoms with van der Waals surface area (Å²) in [5.74, 6) is 1.48. The number of nitrogens with one attached hydrogen (secondary N) is 2. The van der Waals surface area contributed by atoms with Crippen molar-refractivity contribution in [2.75, 3.05) is 25.1 Å². The Balaban J connectivity index is 1.45. The van der Waals surface area contributed by atoms with Crippen LogP contribution < -0.4 is 11.0 Å². The first-order chi connectivity index (χ1) is 9.33. The summed E-state index contributed by atoms with van der Waals surface area (Å²) >= 11 is 0. The molecule has 1 fully saturated rings. The molecule has 2 aromatic rings. The molecule has 1 aliphatic rings. The van der Waals surface area contributed by atoms with Crippen LogP contribution in [0.4, 0.5) is 5.82 Å². The number of rotatable bonds is 7. The maximum absolute atomic E-state index is 11.4. The summed E-state index contributed by atoms with van der Waals surface area (Å²) in [4.78, 5) is 11.4. The van der Waals surface area contributed by atoms with Crippen LogP contribution >= 0.6 is 0 Å². The SMILES string of the molecule is O=c1[nH]nc2ccc(NCCCOCC3CC3)nn12. The summed E-state index contributed by atoms with van der Waals surface area (Å²) in [6, 6.07) is 3.55. The zero-order valence-corrected chi connectivity index (χ0v) is 10.6. The number of anilines is 1. The van der Waals surface area contributed by atoms with E-state index >= 15 is 0 Å². The van der Waals surface area contributed by atoms with E-state index in [0.29, 0.717) is 11.5 Å². The molecular weight excluding hydrogens is 246 g/mol. The minimum atomic E-state index is -0.327. The third kappa shape index (κ3) is 3.11. The summed E-state index contributed by atoms with van der Waals surface area (Å²) in [6.07, 6.45) is 3.57. The highest BCUT2D eigenvalue weighted by Crippen LogP contribution is 2.28. The van der Waals surface area contributed by atoms with Crippen molar-refractivity contribution in [2.45, 2.75) is 19.3 Å². The van der Waals surface area contributed by atoms with Crippen LogP contribution in [0.2, 0.25) is 0 Å². The highest BCUT2D eigenvalue weighted by molar-refractivity contribution is 5.42. The van der Waals surface area contributed by atoms with Crippen LogP contribution in [0, 0.1) is 5.92 Å². The lowest BCUT2D eigenvalue weighted by Gasteiger charge is -2.06. The smallest absolute Gasteiger partial charge is 0.364 e. The molecular formula is C12H17N5O2. The second kappa shape index (κ2) is 5.40. The van der Waals surface area contributed by atoms with Gasteiger partial charge in [-0.3, -0.25) is 0 Å². The number of fused-ring (bicyclic) bond motifs is 1. The lowest BCUT2D eigenvalue weighted by molar-refractivity contribution is 0.124. The van der Waals surface area contributed by atoms with Gasteiger partial charge in [-0.15, -0.1) is 5.10 Å². The summed E-state index contributed by atoms with van der Waals surface area (Å²) in [7, 11) is 0. The molecule has 2 aromatic heterocycles. The molecule has 7 heteroatoms. The average molecular weight is 263 g/mol. The van der Waals surface area contributed by atoms with Gasteiger partial charge in [0.15, 0.2) is 5.65 Å². The summed E-state index contributed by atoms with van der Waals surface area (Å²) in [5.41, 5.74) is 0.190. The van der Waals surface area contributed by atoms with Gasteiger partial charge in [-0.1, -0.05) is 0 Å². The molecule has 2 N–H and O–H groups in total. The van der Waals surface area contributed by atoms with Gasteiger partial charge in [-0.25, -0.2) is 9.89 Å². The Kier molecular flexibility index (Phi) is 3.45. The van der Waals surface area contributed by atoms with Gasteiger partial charge in [-0.05, 0) is 37.3 Å². The topological polar surface area (TPSA) is 84.3 Å². The molecule has 19 heavy (non-hydrogen) atoms. The van der Waals surface area contributed by atoms with Crippen LogP contribution in [0.15, 0.2) is 16.9 Å². The van der Waals surface area contributed by atoms with E-state index < -0.39 is 0 Å². The van der Waals surface area contributed by atoms with E-state index in [1.165, 1.54) is 17.4 Å². The molecule has 0 bridgehead atoms. The molecule has 1 saturated carbocycles. The molecule has 0 unspecified atom stereocenters. The number of aromatic amines is 1. The highest BCUT2D eigenvalue weighted by Gasteiger charge is 2.20. The zero-order valence-electron chi connectivity index (χ0n) is 10.6. The van der Waals surface area contributed by atoms with Crippen molar-refractivity contribution in [1.82, 2.24) is 19.8 Å². The van der Waals surface area contributed by atoms with Crippen LogP contribution in [0.3, 0.4) is 0 Å². The molecule has 0 amide bonds. The van der Waals surface area contributed by atoms with Crippen molar-refractivity contribution >= 4 is 11.5 Å². The minimum Gasteiger partial charge on any atom is -0.381 e. The van der Waals surface area contributed by atoms with Crippen LogP contribution in [0.25, 0.3) is 5.65 Å². The number of ether oxygens (including phenoxy) is 1. The third-order valence-electron chi connectivity index (χ3n) is 3.10. The maximum Gasteiger partial charge on any atom is 0.364 e. The Morgan fingerprint density at radius 1 is 1.47 bits per heavy atom. The second-order valence-electron chi connectivity index (χ2n) is 4.82. The van der Waals surface area contributed by atoms with Crippen molar-refractivity contribution in [3.05, 3.63) is 22.6 Å². The van der Waals surface area contributed by atoms with Gasteiger partial charge in [0, 0.05) is 19.8 Å². The van der Waals surface area contributed by atoms with E-state index in [2.05, 4.69) is 20.6 Å². The fraction of sp³-hybridized carbons (Fsp3) is 0.583.